The lowest BCUT2D eigenvalue weighted by molar-refractivity contribution is -0.131. The van der Waals surface area contributed by atoms with Crippen molar-refractivity contribution in [1.82, 2.24) is 24.8 Å². The number of likely N-dealkylation sites (tertiary alicyclic amines) is 1. The van der Waals surface area contributed by atoms with Crippen LogP contribution in [0.4, 0.5) is 5.82 Å². The summed E-state index contributed by atoms with van der Waals surface area (Å²) in [6.07, 6.45) is 4.29. The highest BCUT2D eigenvalue weighted by atomic mass is 32.2. The van der Waals surface area contributed by atoms with Gasteiger partial charge in [0.25, 0.3) is 0 Å². The Kier molecular flexibility index (Phi) is 7.29. The van der Waals surface area contributed by atoms with Crippen LogP contribution in [0.1, 0.15) is 57.5 Å². The minimum atomic E-state index is -0.339. The smallest absolute Gasteiger partial charge is 0.239 e. The maximum absolute atomic E-state index is 12.6. The molecule has 29 heavy (non-hydrogen) atoms. The van der Waals surface area contributed by atoms with Crippen molar-refractivity contribution in [1.29, 1.82) is 0 Å². The molecule has 2 aromatic rings. The molecule has 2 amide bonds. The molecule has 1 saturated heterocycles. The van der Waals surface area contributed by atoms with Crippen LogP contribution in [0.3, 0.4) is 0 Å². The fourth-order valence-corrected chi connectivity index (χ4v) is 4.34. The highest BCUT2D eigenvalue weighted by Crippen LogP contribution is 2.26. The fourth-order valence-electron chi connectivity index (χ4n) is 3.30. The van der Waals surface area contributed by atoms with Crippen LogP contribution in [0, 0.1) is 6.92 Å². The topological polar surface area (TPSA) is 106 Å². The summed E-state index contributed by atoms with van der Waals surface area (Å²) in [6, 6.07) is 1.68. The molecule has 0 radical (unpaired) electrons. The van der Waals surface area contributed by atoms with Gasteiger partial charge in [-0.25, -0.2) is 0 Å². The molecule has 1 N–H and O–H groups in total. The van der Waals surface area contributed by atoms with E-state index in [4.69, 9.17) is 4.52 Å². The van der Waals surface area contributed by atoms with Gasteiger partial charge in [-0.3, -0.25) is 9.59 Å². The third-order valence-corrected chi connectivity index (χ3v) is 6.25. The van der Waals surface area contributed by atoms with Gasteiger partial charge in [-0.15, -0.1) is 10.2 Å². The van der Waals surface area contributed by atoms with E-state index >= 15 is 0 Å². The van der Waals surface area contributed by atoms with Gasteiger partial charge in [0.2, 0.25) is 11.8 Å². The minimum Gasteiger partial charge on any atom is -0.360 e. The van der Waals surface area contributed by atoms with E-state index in [1.165, 1.54) is 11.8 Å². The summed E-state index contributed by atoms with van der Waals surface area (Å²) in [5.74, 6) is 1.83. The summed E-state index contributed by atoms with van der Waals surface area (Å²) in [7, 11) is 0. The van der Waals surface area contributed by atoms with Crippen LogP contribution in [0.2, 0.25) is 0 Å². The maximum atomic E-state index is 12.6. The van der Waals surface area contributed by atoms with E-state index in [9.17, 15) is 9.59 Å². The van der Waals surface area contributed by atoms with Gasteiger partial charge in [0.1, 0.15) is 5.76 Å². The lowest BCUT2D eigenvalue weighted by Crippen LogP contribution is -2.31. The Labute approximate surface area is 174 Å². The number of anilines is 1. The van der Waals surface area contributed by atoms with E-state index in [-0.39, 0.29) is 17.1 Å². The van der Waals surface area contributed by atoms with Crippen molar-refractivity contribution in [2.45, 2.75) is 76.4 Å². The standard InChI is InChI=1S/C19H28N6O3S/c1-4-14(18(27)20-15-11-13(3)28-23-15)29-19-22-21-16(25(19)5-2)12-24-10-8-6-7-9-17(24)26/h11,14H,4-10,12H2,1-3H3,(H,20,23,27). The van der Waals surface area contributed by atoms with E-state index in [2.05, 4.69) is 20.7 Å². The van der Waals surface area contributed by atoms with Gasteiger partial charge in [0, 0.05) is 25.6 Å². The second-order valence-corrected chi connectivity index (χ2v) is 8.27. The van der Waals surface area contributed by atoms with Gasteiger partial charge in [-0.1, -0.05) is 30.3 Å². The molecule has 3 heterocycles. The lowest BCUT2D eigenvalue weighted by Gasteiger charge is -2.20. The molecule has 1 atom stereocenters. The van der Waals surface area contributed by atoms with E-state index in [0.29, 0.717) is 42.7 Å². The molecule has 9 nitrogen and oxygen atoms in total. The molecule has 0 aromatic carbocycles. The second kappa shape index (κ2) is 9.91. The molecule has 0 saturated carbocycles. The number of rotatable bonds is 8. The molecule has 2 aromatic heterocycles. The molecule has 3 rings (SSSR count). The second-order valence-electron chi connectivity index (χ2n) is 7.10. The zero-order chi connectivity index (χ0) is 20.8. The first-order valence-electron chi connectivity index (χ1n) is 10.1. The van der Waals surface area contributed by atoms with Crippen LogP contribution in [-0.2, 0) is 22.7 Å². The Morgan fingerprint density at radius 2 is 2.14 bits per heavy atom. The van der Waals surface area contributed by atoms with Crippen LogP contribution < -0.4 is 5.32 Å². The molecule has 0 aliphatic carbocycles. The molecule has 1 aliphatic heterocycles. The summed E-state index contributed by atoms with van der Waals surface area (Å²) in [5.41, 5.74) is 0. The highest BCUT2D eigenvalue weighted by molar-refractivity contribution is 8.00. The number of hydrogen-bond donors (Lipinski definition) is 1. The quantitative estimate of drug-likeness (QED) is 0.654. The number of carbonyl (C=O) groups is 2. The van der Waals surface area contributed by atoms with Crippen LogP contribution in [-0.4, -0.2) is 48.4 Å². The zero-order valence-corrected chi connectivity index (χ0v) is 18.0. The number of nitrogens with zero attached hydrogens (tertiary/aromatic N) is 5. The Hall–Kier alpha value is -2.36. The van der Waals surface area contributed by atoms with Gasteiger partial charge in [-0.05, 0) is 33.1 Å². The number of nitrogens with one attached hydrogen (secondary N) is 1. The number of thioether (sulfide) groups is 1. The van der Waals surface area contributed by atoms with Crippen LogP contribution in [0.15, 0.2) is 15.7 Å². The first kappa shape index (κ1) is 21.4. The van der Waals surface area contributed by atoms with E-state index in [0.717, 1.165) is 31.6 Å². The molecule has 0 bridgehead atoms. The Morgan fingerprint density at radius 1 is 1.31 bits per heavy atom. The van der Waals surface area contributed by atoms with Crippen molar-refractivity contribution in [3.63, 3.8) is 0 Å². The summed E-state index contributed by atoms with van der Waals surface area (Å²) in [4.78, 5) is 26.8. The third-order valence-electron chi connectivity index (χ3n) is 4.90. The monoisotopic (exact) mass is 420 g/mol. The summed E-state index contributed by atoms with van der Waals surface area (Å²) in [6.45, 7) is 7.63. The van der Waals surface area contributed by atoms with E-state index in [1.54, 1.807) is 13.0 Å². The summed E-state index contributed by atoms with van der Waals surface area (Å²) < 4.78 is 6.98. The van der Waals surface area contributed by atoms with Crippen LogP contribution in [0.5, 0.6) is 0 Å². The van der Waals surface area contributed by atoms with Crippen molar-refractivity contribution in [2.75, 3.05) is 11.9 Å². The van der Waals surface area contributed by atoms with Crippen LogP contribution in [0.25, 0.3) is 0 Å². The van der Waals surface area contributed by atoms with E-state index < -0.39 is 0 Å². The maximum Gasteiger partial charge on any atom is 0.239 e. The molecule has 1 aliphatic rings. The normalized spacial score (nSPS) is 16.0. The van der Waals surface area contributed by atoms with Gasteiger partial charge in [0.15, 0.2) is 16.8 Å². The summed E-state index contributed by atoms with van der Waals surface area (Å²) >= 11 is 1.38. The molecular weight excluding hydrogens is 392 g/mol. The Bertz CT molecular complexity index is 849. The molecule has 0 spiro atoms. The van der Waals surface area contributed by atoms with Crippen molar-refractivity contribution in [3.8, 4) is 0 Å². The van der Waals surface area contributed by atoms with Gasteiger partial charge in [0.05, 0.1) is 11.8 Å². The molecule has 1 fully saturated rings. The molecular formula is C19H28N6O3S. The van der Waals surface area contributed by atoms with E-state index in [1.807, 2.05) is 23.3 Å². The average molecular weight is 421 g/mol. The van der Waals surface area contributed by atoms with Gasteiger partial charge < -0.3 is 19.3 Å². The highest BCUT2D eigenvalue weighted by Gasteiger charge is 2.25. The third kappa shape index (κ3) is 5.37. The largest absolute Gasteiger partial charge is 0.360 e. The van der Waals surface area contributed by atoms with Crippen molar-refractivity contribution in [2.24, 2.45) is 0 Å². The minimum absolute atomic E-state index is 0.152. The lowest BCUT2D eigenvalue weighted by atomic mass is 10.2. The molecule has 158 valence electrons. The number of aromatic nitrogens is 4. The Morgan fingerprint density at radius 3 is 2.83 bits per heavy atom. The Balaban J connectivity index is 1.69. The average Bonchev–Trinajstić information content (AvgIpc) is 3.22. The number of carbonyl (C=O) groups excluding carboxylic acids is 2. The number of hydrogen-bond acceptors (Lipinski definition) is 7. The predicted octanol–water partition coefficient (Wildman–Crippen LogP) is 3.01. The fraction of sp³-hybridized carbons (Fsp3) is 0.632. The number of aryl methyl sites for hydroxylation is 1. The molecule has 1 unspecified atom stereocenters. The van der Waals surface area contributed by atoms with Gasteiger partial charge in [-0.2, -0.15) is 0 Å². The first-order chi connectivity index (χ1) is 14.0. The number of amides is 2. The predicted molar refractivity (Wildman–Crippen MR) is 109 cm³/mol. The van der Waals surface area contributed by atoms with Crippen LogP contribution >= 0.6 is 11.8 Å². The SMILES string of the molecule is CCC(Sc1nnc(CN2CCCCCC2=O)n1CC)C(=O)Nc1cc(C)on1. The summed E-state index contributed by atoms with van der Waals surface area (Å²) in [5, 5.41) is 15.6. The van der Waals surface area contributed by atoms with Gasteiger partial charge >= 0.3 is 0 Å². The zero-order valence-electron chi connectivity index (χ0n) is 17.2. The first-order valence-corrected chi connectivity index (χ1v) is 11.0. The van der Waals surface area contributed by atoms with Crippen molar-refractivity contribution >= 4 is 29.4 Å². The molecule has 10 heteroatoms. The van der Waals surface area contributed by atoms with Crippen molar-refractivity contribution in [3.05, 3.63) is 17.7 Å². The van der Waals surface area contributed by atoms with Crippen molar-refractivity contribution < 1.29 is 14.1 Å².